The third-order valence-corrected chi connectivity index (χ3v) is 16.2. The zero-order chi connectivity index (χ0) is 63.1. The molecule has 4 rings (SSSR count). The molecule has 1 aromatic carbocycles. The fraction of sp³-hybridized carbons (Fsp3) is 0.593. The molecule has 1 aromatic heterocycles. The van der Waals surface area contributed by atoms with Crippen molar-refractivity contribution in [2.45, 2.75) is 167 Å². The number of hydrogen-bond donors (Lipinski definition) is 9. The van der Waals surface area contributed by atoms with Gasteiger partial charge in [0.2, 0.25) is 29.5 Å². The molecule has 0 aliphatic carbocycles. The first-order valence-electron chi connectivity index (χ1n) is 29.1. The number of thiazole rings is 1. The van der Waals surface area contributed by atoms with Gasteiger partial charge in [0.25, 0.3) is 17.7 Å². The van der Waals surface area contributed by atoms with Crippen LogP contribution in [0.5, 0.6) is 0 Å². The number of unbranched alkanes of at least 4 members (excludes halogenated alkanes) is 2. The van der Waals surface area contributed by atoms with E-state index in [1.54, 1.807) is 52.1 Å². The predicted octanol–water partition coefficient (Wildman–Crippen LogP) is 4.30. The molecule has 1 unspecified atom stereocenters. The van der Waals surface area contributed by atoms with Crippen LogP contribution in [0.4, 0.5) is 15.3 Å². The molecule has 10 N–H and O–H groups in total. The van der Waals surface area contributed by atoms with Gasteiger partial charge in [-0.05, 0) is 101 Å². The number of piperidine rings is 1. The number of carbonyl (C=O) groups excluding carboxylic acids is 10. The van der Waals surface area contributed by atoms with Gasteiger partial charge >= 0.3 is 18.1 Å². The van der Waals surface area contributed by atoms with Gasteiger partial charge in [-0.25, -0.2) is 14.6 Å². The number of aromatic nitrogens is 1. The topological polar surface area (TPSA) is 350 Å². The van der Waals surface area contributed by atoms with E-state index in [4.69, 9.17) is 10.5 Å². The van der Waals surface area contributed by atoms with E-state index in [1.165, 1.54) is 36.4 Å². The molecule has 0 bridgehead atoms. The van der Waals surface area contributed by atoms with Gasteiger partial charge in [0.1, 0.15) is 28.8 Å². The van der Waals surface area contributed by atoms with Crippen molar-refractivity contribution in [2.75, 3.05) is 46.1 Å². The summed E-state index contributed by atoms with van der Waals surface area (Å²) >= 11 is 1.05. The molecule has 9 atom stereocenters. The highest BCUT2D eigenvalue weighted by atomic mass is 32.1. The molecule has 26 heteroatoms. The summed E-state index contributed by atoms with van der Waals surface area (Å²) in [4.78, 5) is 152. The van der Waals surface area contributed by atoms with Crippen molar-refractivity contribution in [1.82, 2.24) is 51.6 Å². The lowest BCUT2D eigenvalue weighted by atomic mass is 9.94. The van der Waals surface area contributed by atoms with E-state index in [2.05, 4.69) is 48.8 Å². The van der Waals surface area contributed by atoms with E-state index in [0.29, 0.717) is 48.9 Å². The van der Waals surface area contributed by atoms with Crippen molar-refractivity contribution in [1.29, 1.82) is 0 Å². The molecule has 3 heterocycles. The van der Waals surface area contributed by atoms with Crippen LogP contribution in [0.25, 0.3) is 0 Å². The van der Waals surface area contributed by atoms with E-state index in [1.807, 2.05) is 25.8 Å². The zero-order valence-corrected chi connectivity index (χ0v) is 51.3. The summed E-state index contributed by atoms with van der Waals surface area (Å²) in [6, 6.07) is 1.02. The lowest BCUT2D eigenvalue weighted by Gasteiger charge is -2.37. The van der Waals surface area contributed by atoms with Crippen LogP contribution < -0.4 is 43.0 Å². The molecular formula is C59H88N12O13S. The normalized spacial score (nSPS) is 17.0. The largest absolute Gasteiger partial charge is 0.481 e. The van der Waals surface area contributed by atoms with E-state index >= 15 is 0 Å². The first-order valence-corrected chi connectivity index (χ1v) is 30.0. The Bertz CT molecular complexity index is 2700. The van der Waals surface area contributed by atoms with Gasteiger partial charge in [-0.2, -0.15) is 0 Å². The monoisotopic (exact) mass is 1200 g/mol. The Morgan fingerprint density at radius 2 is 1.58 bits per heavy atom. The number of urea groups is 1. The average molecular weight is 1210 g/mol. The van der Waals surface area contributed by atoms with E-state index in [-0.39, 0.29) is 104 Å². The first-order chi connectivity index (χ1) is 40.2. The highest BCUT2D eigenvalue weighted by Gasteiger charge is 2.38. The number of anilines is 1. The molecule has 0 saturated carbocycles. The molecule has 0 spiro atoms. The maximum absolute atomic E-state index is 14.4. The highest BCUT2D eigenvalue weighted by Crippen LogP contribution is 2.31. The van der Waals surface area contributed by atoms with Crippen LogP contribution in [-0.2, 0) is 49.5 Å². The molecule has 2 aliphatic heterocycles. The second kappa shape index (κ2) is 34.3. The summed E-state index contributed by atoms with van der Waals surface area (Å²) in [5, 5.41) is 30.8. The molecule has 468 valence electrons. The minimum Gasteiger partial charge on any atom is -0.481 e. The lowest BCUT2D eigenvalue weighted by Crippen LogP contribution is -2.57. The van der Waals surface area contributed by atoms with Crippen LogP contribution in [0.15, 0.2) is 53.9 Å². The minimum absolute atomic E-state index is 0.00176. The fourth-order valence-electron chi connectivity index (χ4n) is 9.96. The molecule has 1 fully saturated rings. The van der Waals surface area contributed by atoms with E-state index in [9.17, 15) is 57.8 Å². The molecular weight excluding hydrogens is 1120 g/mol. The molecule has 85 heavy (non-hydrogen) atoms. The number of likely N-dealkylation sites (tertiary alicyclic amines) is 1. The first kappa shape index (κ1) is 69.8. The number of amides is 11. The smallest absolute Gasteiger partial charge is 0.407 e. The summed E-state index contributed by atoms with van der Waals surface area (Å²) in [6.45, 7) is 15.9. The number of aliphatic carboxylic acids is 1. The number of primary amides is 1. The maximum atomic E-state index is 14.4. The number of imide groups is 1. The molecule has 1 saturated heterocycles. The third kappa shape index (κ3) is 22.0. The fourth-order valence-corrected chi connectivity index (χ4v) is 10.8. The predicted molar refractivity (Wildman–Crippen MR) is 319 cm³/mol. The van der Waals surface area contributed by atoms with Gasteiger partial charge in [-0.15, -0.1) is 11.3 Å². The Kier molecular flexibility index (Phi) is 28.1. The Morgan fingerprint density at radius 3 is 2.18 bits per heavy atom. The number of nitrogens with two attached hydrogens (primary N) is 1. The lowest BCUT2D eigenvalue weighted by molar-refractivity contribution is -0.141. The van der Waals surface area contributed by atoms with Crippen LogP contribution in [0, 0.1) is 17.8 Å². The quantitative estimate of drug-likeness (QED) is 0.0268. The van der Waals surface area contributed by atoms with Gasteiger partial charge in [-0.1, -0.05) is 78.2 Å². The summed E-state index contributed by atoms with van der Waals surface area (Å²) in [5.74, 6) is -6.13. The zero-order valence-electron chi connectivity index (χ0n) is 50.5. The van der Waals surface area contributed by atoms with E-state index in [0.717, 1.165) is 35.6 Å². The Balaban J connectivity index is 1.46. The number of nitrogens with one attached hydrogen (secondary N) is 7. The number of likely N-dealkylation sites (N-methyl/N-ethyl adjacent to an activating group) is 2. The van der Waals surface area contributed by atoms with Crippen LogP contribution in [0.1, 0.15) is 146 Å². The Morgan fingerprint density at radius 1 is 0.894 bits per heavy atom. The van der Waals surface area contributed by atoms with Gasteiger partial charge in [0, 0.05) is 69.3 Å². The second-order valence-corrected chi connectivity index (χ2v) is 23.3. The van der Waals surface area contributed by atoms with Gasteiger partial charge in [0.05, 0.1) is 18.0 Å². The number of carboxylic acids is 1. The standard InChI is InChI=1S/C59H88N12O13S/c1-11-36(6)50(68-53(77)43-19-14-16-28-69(43)9)56(79)70(10)44(34(2)3)32-45(84-59(83)61-8)55-66-42(33-85-55)52(76)64-40(30-37(7)57(80)81)31-38-21-23-39(24-22-38)63-51(75)41(18-17-27-62-58(60)82)65-54(78)49(35(4)5)67-46(72)20-13-12-15-29-71-47(73)25-26-48(71)74/h21-26,33,35-37,40-41,43-45,49-50H,2,11-20,27-32H2,1,3-10H3,(H,61,83)(H,63,75)(H,64,76)(H,65,78)(H,67,72)(H,68,77)(H,80,81)(H3,60,62,82)/t36-,37?,40+,41-,43+,44+,45+,49-,50-/m0/s1. The summed E-state index contributed by atoms with van der Waals surface area (Å²) in [7, 11) is 4.90. The Labute approximate surface area is 501 Å². The number of nitrogens with zero attached hydrogens (tertiary/aromatic N) is 4. The molecule has 2 aliphatic rings. The summed E-state index contributed by atoms with van der Waals surface area (Å²) in [5.41, 5.74) is 6.77. The number of carbonyl (C=O) groups is 11. The molecule has 0 radical (unpaired) electrons. The van der Waals surface area contributed by atoms with Crippen molar-refractivity contribution < 1.29 is 62.6 Å². The number of carboxylic acid groups (broad SMARTS) is 1. The van der Waals surface area contributed by atoms with Crippen LogP contribution >= 0.6 is 11.3 Å². The molecule has 2 aromatic rings. The van der Waals surface area contributed by atoms with Crippen molar-refractivity contribution in [3.63, 3.8) is 0 Å². The van der Waals surface area contributed by atoms with Gasteiger partial charge < -0.3 is 57.7 Å². The van der Waals surface area contributed by atoms with Crippen molar-refractivity contribution in [3.8, 4) is 0 Å². The number of ether oxygens (including phenoxy) is 1. The highest BCUT2D eigenvalue weighted by molar-refractivity contribution is 7.09. The number of benzene rings is 1. The number of hydrogen-bond acceptors (Lipinski definition) is 15. The van der Waals surface area contributed by atoms with Gasteiger partial charge in [0.15, 0.2) is 6.10 Å². The van der Waals surface area contributed by atoms with Crippen molar-refractivity contribution in [2.24, 2.45) is 23.5 Å². The molecule has 11 amide bonds. The van der Waals surface area contributed by atoms with Crippen LogP contribution in [-0.4, -0.2) is 167 Å². The van der Waals surface area contributed by atoms with E-state index < -0.39 is 84.0 Å². The summed E-state index contributed by atoms with van der Waals surface area (Å²) < 4.78 is 5.82. The number of alkyl carbamates (subject to hydrolysis) is 1. The SMILES string of the molecule is C=C(C)[C@@H](C[C@@H](OC(=O)NC)c1nc(C(=O)N[C@@H](Cc2ccc(NC(=O)[C@H](CCCNC(N)=O)NC(=O)[C@@H](NC(=O)CCCCCN3C(=O)C=CC3=O)C(C)C)cc2)CC(C)C(=O)O)cs1)N(C)C(=O)[C@@H](NC(=O)[C@H]1CCCCN1C)[C@@H](C)CC. The summed E-state index contributed by atoms with van der Waals surface area (Å²) in [6.07, 6.45) is 5.80. The Hall–Kier alpha value is -7.74. The average Bonchev–Trinajstić information content (AvgIpc) is 4.24. The minimum atomic E-state index is -1.13. The van der Waals surface area contributed by atoms with Crippen LogP contribution in [0.3, 0.4) is 0 Å². The van der Waals surface area contributed by atoms with Gasteiger partial charge in [-0.3, -0.25) is 53.0 Å². The van der Waals surface area contributed by atoms with Crippen molar-refractivity contribution in [3.05, 3.63) is 70.2 Å². The van der Waals surface area contributed by atoms with Crippen LogP contribution in [0.2, 0.25) is 0 Å². The molecule has 25 nitrogen and oxygen atoms in total. The second-order valence-electron chi connectivity index (χ2n) is 22.4. The third-order valence-electron chi connectivity index (χ3n) is 15.3. The van der Waals surface area contributed by atoms with Crippen molar-refractivity contribution >= 4 is 82.4 Å². The number of rotatable bonds is 34. The maximum Gasteiger partial charge on any atom is 0.407 e.